The van der Waals surface area contributed by atoms with Crippen LogP contribution in [0, 0.1) is 19.8 Å². The van der Waals surface area contributed by atoms with Crippen LogP contribution in [0.15, 0.2) is 34.7 Å². The third-order valence-electron chi connectivity index (χ3n) is 5.14. The molecule has 4 atom stereocenters. The van der Waals surface area contributed by atoms with Crippen molar-refractivity contribution in [2.45, 2.75) is 32.2 Å². The number of furan rings is 1. The van der Waals surface area contributed by atoms with Gasteiger partial charge in [-0.05, 0) is 31.0 Å². The van der Waals surface area contributed by atoms with E-state index in [0.717, 1.165) is 16.9 Å². The van der Waals surface area contributed by atoms with Crippen LogP contribution in [-0.4, -0.2) is 35.6 Å². The first-order valence-corrected chi connectivity index (χ1v) is 8.22. The summed E-state index contributed by atoms with van der Waals surface area (Å²) in [4.78, 5) is 14.3. The average Bonchev–Trinajstić information content (AvgIpc) is 3.20. The van der Waals surface area contributed by atoms with E-state index in [1.165, 1.54) is 0 Å². The maximum Gasteiger partial charge on any atom is 0.257 e. The Morgan fingerprint density at radius 1 is 1.21 bits per heavy atom. The fraction of sp³-hybridized carbons (Fsp3) is 0.421. The number of aliphatic hydroxyl groups excluding tert-OH is 1. The number of hydrogen-bond donors (Lipinski definition) is 1. The number of nitrogens with zero attached hydrogens (tertiary/aromatic N) is 1. The van der Waals surface area contributed by atoms with Crippen molar-refractivity contribution in [2.24, 2.45) is 5.92 Å². The lowest BCUT2D eigenvalue weighted by molar-refractivity contribution is 0.0298. The van der Waals surface area contributed by atoms with Gasteiger partial charge >= 0.3 is 0 Å². The van der Waals surface area contributed by atoms with Gasteiger partial charge in [-0.25, -0.2) is 0 Å². The predicted molar refractivity (Wildman–Crippen MR) is 87.6 cm³/mol. The highest BCUT2D eigenvalue weighted by Gasteiger charge is 2.52. The lowest BCUT2D eigenvalue weighted by Gasteiger charge is -2.29. The quantitative estimate of drug-likeness (QED) is 0.941. The van der Waals surface area contributed by atoms with Crippen LogP contribution in [0.3, 0.4) is 0 Å². The molecule has 0 unspecified atom stereocenters. The summed E-state index contributed by atoms with van der Waals surface area (Å²) in [5, 5.41) is 10.6. The van der Waals surface area contributed by atoms with Gasteiger partial charge in [0.15, 0.2) is 0 Å². The second-order valence-corrected chi connectivity index (χ2v) is 6.77. The number of hydrogen-bond acceptors (Lipinski definition) is 4. The van der Waals surface area contributed by atoms with Crippen LogP contribution in [0.25, 0.3) is 0 Å². The maximum absolute atomic E-state index is 12.7. The molecule has 0 spiro atoms. The standard InChI is InChI=1S/C19H21NO4/c1-10-8-14(11(2)23-10)19(22)20(3)9-15-16(21)18-13-7-5-4-6-12(13)17(15)24-18/h4-8,15-18,21H,9H2,1-3H3/t15-,16+,17+,18-/m1/s1. The number of carbonyl (C=O) groups is 1. The van der Waals surface area contributed by atoms with E-state index in [2.05, 4.69) is 0 Å². The molecule has 2 aliphatic heterocycles. The summed E-state index contributed by atoms with van der Waals surface area (Å²) in [5.41, 5.74) is 2.78. The summed E-state index contributed by atoms with van der Waals surface area (Å²) in [6, 6.07) is 9.76. The fourth-order valence-electron chi connectivity index (χ4n) is 3.98. The first-order chi connectivity index (χ1) is 11.5. The number of aliphatic hydroxyl groups is 1. The molecule has 24 heavy (non-hydrogen) atoms. The molecule has 5 heteroatoms. The number of rotatable bonds is 3. The van der Waals surface area contributed by atoms with Crippen molar-refractivity contribution in [1.82, 2.24) is 4.90 Å². The molecule has 1 fully saturated rings. The Morgan fingerprint density at radius 3 is 2.50 bits per heavy atom. The van der Waals surface area contributed by atoms with Gasteiger partial charge in [0.1, 0.15) is 17.6 Å². The summed E-state index contributed by atoms with van der Waals surface area (Å²) in [6.45, 7) is 4.06. The van der Waals surface area contributed by atoms with Crippen molar-refractivity contribution in [2.75, 3.05) is 13.6 Å². The first kappa shape index (κ1) is 15.4. The number of amides is 1. The topological polar surface area (TPSA) is 62.9 Å². The van der Waals surface area contributed by atoms with Crippen LogP contribution in [-0.2, 0) is 4.74 Å². The molecule has 1 aromatic heterocycles. The van der Waals surface area contributed by atoms with Crippen molar-refractivity contribution >= 4 is 5.91 Å². The second-order valence-electron chi connectivity index (χ2n) is 6.77. The summed E-state index contributed by atoms with van der Waals surface area (Å²) in [7, 11) is 1.76. The van der Waals surface area contributed by atoms with E-state index in [1.54, 1.807) is 24.9 Å². The van der Waals surface area contributed by atoms with E-state index in [9.17, 15) is 9.90 Å². The van der Waals surface area contributed by atoms with Crippen molar-refractivity contribution in [1.29, 1.82) is 0 Å². The van der Waals surface area contributed by atoms with Gasteiger partial charge in [-0.1, -0.05) is 24.3 Å². The third kappa shape index (κ3) is 2.19. The van der Waals surface area contributed by atoms with E-state index < -0.39 is 6.10 Å². The SMILES string of the molecule is Cc1cc(C(=O)N(C)C[C@@H]2[C@H](O)[C@@H]3O[C@H]2c2ccccc23)c(C)o1. The number of aryl methyl sites for hydroxylation is 2. The van der Waals surface area contributed by atoms with Gasteiger partial charge < -0.3 is 19.2 Å². The third-order valence-corrected chi connectivity index (χ3v) is 5.14. The molecule has 1 N–H and O–H groups in total. The van der Waals surface area contributed by atoms with E-state index in [4.69, 9.17) is 9.15 Å². The highest BCUT2D eigenvalue weighted by Crippen LogP contribution is 2.53. The largest absolute Gasteiger partial charge is 0.466 e. The zero-order valence-corrected chi connectivity index (χ0v) is 14.0. The Kier molecular flexibility index (Phi) is 3.51. The molecular formula is C19H21NO4. The highest BCUT2D eigenvalue weighted by molar-refractivity contribution is 5.95. The van der Waals surface area contributed by atoms with Crippen LogP contribution in [0.5, 0.6) is 0 Å². The molecule has 1 amide bonds. The van der Waals surface area contributed by atoms with Crippen LogP contribution in [0.1, 0.15) is 45.2 Å². The molecule has 2 aliphatic rings. The van der Waals surface area contributed by atoms with Gasteiger partial charge in [0.25, 0.3) is 5.91 Å². The van der Waals surface area contributed by atoms with Gasteiger partial charge in [-0.3, -0.25) is 4.79 Å². The molecule has 2 aromatic rings. The van der Waals surface area contributed by atoms with Crippen molar-refractivity contribution in [3.05, 3.63) is 58.5 Å². The molecule has 0 radical (unpaired) electrons. The summed E-state index contributed by atoms with van der Waals surface area (Å²) in [6.07, 6.45) is -1.02. The zero-order valence-electron chi connectivity index (χ0n) is 14.0. The van der Waals surface area contributed by atoms with Gasteiger partial charge in [-0.2, -0.15) is 0 Å². The van der Waals surface area contributed by atoms with Crippen LogP contribution >= 0.6 is 0 Å². The molecule has 1 saturated heterocycles. The Hall–Kier alpha value is -2.11. The smallest absolute Gasteiger partial charge is 0.257 e. The molecular weight excluding hydrogens is 306 g/mol. The molecule has 5 nitrogen and oxygen atoms in total. The van der Waals surface area contributed by atoms with E-state index in [0.29, 0.717) is 17.9 Å². The number of benzene rings is 1. The minimum atomic E-state index is -0.590. The minimum absolute atomic E-state index is 0.0902. The maximum atomic E-state index is 12.7. The van der Waals surface area contributed by atoms with E-state index >= 15 is 0 Å². The minimum Gasteiger partial charge on any atom is -0.466 e. The predicted octanol–water partition coefficient (Wildman–Crippen LogP) is 2.77. The number of carbonyl (C=O) groups excluding carboxylic acids is 1. The van der Waals surface area contributed by atoms with Gasteiger partial charge in [0.05, 0.1) is 17.8 Å². The Bertz CT molecular complexity index is 796. The number of ether oxygens (including phenoxy) is 1. The normalized spacial score (nSPS) is 27.3. The van der Waals surface area contributed by atoms with Crippen LogP contribution in [0.2, 0.25) is 0 Å². The van der Waals surface area contributed by atoms with Crippen molar-refractivity contribution in [3.63, 3.8) is 0 Å². The fourth-order valence-corrected chi connectivity index (χ4v) is 3.98. The van der Waals surface area contributed by atoms with Gasteiger partial charge in [0.2, 0.25) is 0 Å². The first-order valence-electron chi connectivity index (χ1n) is 8.22. The van der Waals surface area contributed by atoms with Crippen LogP contribution in [0.4, 0.5) is 0 Å². The summed E-state index contributed by atoms with van der Waals surface area (Å²) < 4.78 is 11.4. The Balaban J connectivity index is 1.54. The van der Waals surface area contributed by atoms with Crippen LogP contribution < -0.4 is 0 Å². The lowest BCUT2D eigenvalue weighted by atomic mass is 9.81. The van der Waals surface area contributed by atoms with Gasteiger partial charge in [0, 0.05) is 19.5 Å². The molecule has 126 valence electrons. The average molecular weight is 327 g/mol. The number of fused-ring (bicyclic) bond motifs is 5. The molecule has 0 saturated carbocycles. The Labute approximate surface area is 140 Å². The second kappa shape index (κ2) is 5.46. The summed E-state index contributed by atoms with van der Waals surface area (Å²) >= 11 is 0. The van der Waals surface area contributed by atoms with Crippen molar-refractivity contribution < 1.29 is 19.1 Å². The van der Waals surface area contributed by atoms with E-state index in [1.807, 2.05) is 31.2 Å². The molecule has 1 aromatic carbocycles. The van der Waals surface area contributed by atoms with Gasteiger partial charge in [-0.15, -0.1) is 0 Å². The van der Waals surface area contributed by atoms with Crippen molar-refractivity contribution in [3.8, 4) is 0 Å². The molecule has 3 heterocycles. The highest BCUT2D eigenvalue weighted by atomic mass is 16.5. The van der Waals surface area contributed by atoms with E-state index in [-0.39, 0.29) is 24.0 Å². The zero-order chi connectivity index (χ0) is 17.0. The summed E-state index contributed by atoms with van der Waals surface area (Å²) in [5.74, 6) is 1.14. The monoisotopic (exact) mass is 327 g/mol. The molecule has 0 aliphatic carbocycles. The molecule has 4 rings (SSSR count). The Morgan fingerprint density at radius 2 is 1.88 bits per heavy atom. The molecule has 2 bridgehead atoms. The lowest BCUT2D eigenvalue weighted by Crippen LogP contribution is -2.38.